The maximum atomic E-state index is 15.5. The van der Waals surface area contributed by atoms with Gasteiger partial charge in [0.2, 0.25) is 5.60 Å². The molecule has 0 radical (unpaired) electrons. The molecule has 0 N–H and O–H groups in total. The predicted octanol–water partition coefficient (Wildman–Crippen LogP) is 7.36. The van der Waals surface area contributed by atoms with Gasteiger partial charge in [0, 0.05) is 34.4 Å². The number of non-ortho nitro benzene ring substituents is 1. The molecule has 0 amide bonds. The lowest BCUT2D eigenvalue weighted by Gasteiger charge is -2.40. The van der Waals surface area contributed by atoms with Crippen LogP contribution in [0.5, 0.6) is 0 Å². The van der Waals surface area contributed by atoms with Gasteiger partial charge in [0.15, 0.2) is 11.2 Å². The van der Waals surface area contributed by atoms with E-state index >= 15 is 4.79 Å². The largest absolute Gasteiger partial charge is 0.377 e. The van der Waals surface area contributed by atoms with Crippen LogP contribution in [0.2, 0.25) is 0 Å². The molecule has 0 saturated heterocycles. The first-order valence-corrected chi connectivity index (χ1v) is 13.6. The van der Waals surface area contributed by atoms with Crippen LogP contribution in [0.3, 0.4) is 0 Å². The van der Waals surface area contributed by atoms with Crippen molar-refractivity contribution in [3.63, 3.8) is 0 Å². The number of allylic oxidation sites excluding steroid dienone is 1. The van der Waals surface area contributed by atoms with Crippen LogP contribution in [0.1, 0.15) is 27.8 Å². The zero-order valence-corrected chi connectivity index (χ0v) is 22.4. The Balaban J connectivity index is 1.63. The van der Waals surface area contributed by atoms with Gasteiger partial charge < -0.3 is 4.84 Å². The van der Waals surface area contributed by atoms with Crippen molar-refractivity contribution in [1.82, 2.24) is 0 Å². The molecule has 1 aliphatic heterocycles. The number of carbonyl (C=O) groups excluding carboxylic acids is 1. The van der Waals surface area contributed by atoms with E-state index in [-0.39, 0.29) is 11.5 Å². The lowest BCUT2D eigenvalue weighted by Crippen LogP contribution is -2.53. The van der Waals surface area contributed by atoms with Crippen LogP contribution in [0.15, 0.2) is 151 Å². The zero-order chi connectivity index (χ0) is 28.7. The summed E-state index contributed by atoms with van der Waals surface area (Å²) < 4.78 is 0. The van der Waals surface area contributed by atoms with Gasteiger partial charge in [0.1, 0.15) is 5.71 Å². The zero-order valence-electron chi connectivity index (χ0n) is 22.4. The van der Waals surface area contributed by atoms with Crippen LogP contribution in [0.4, 0.5) is 5.69 Å². The van der Waals surface area contributed by atoms with Gasteiger partial charge in [-0.1, -0.05) is 126 Å². The number of rotatable bonds is 6. The Morgan fingerprint density at radius 1 is 0.595 bits per heavy atom. The lowest BCUT2D eigenvalue weighted by atomic mass is 9.59. The third kappa shape index (κ3) is 3.45. The van der Waals surface area contributed by atoms with E-state index in [2.05, 4.69) is 0 Å². The summed E-state index contributed by atoms with van der Waals surface area (Å²) in [5, 5.41) is 16.2. The van der Waals surface area contributed by atoms with Crippen molar-refractivity contribution in [1.29, 1.82) is 0 Å². The van der Waals surface area contributed by atoms with Crippen molar-refractivity contribution in [2.75, 3.05) is 0 Å². The molecule has 0 bridgehead atoms. The second-order valence-corrected chi connectivity index (χ2v) is 10.3. The second-order valence-electron chi connectivity index (χ2n) is 10.3. The number of benzene rings is 5. The van der Waals surface area contributed by atoms with E-state index in [1.54, 1.807) is 12.1 Å². The molecule has 0 saturated carbocycles. The molecule has 2 aliphatic rings. The summed E-state index contributed by atoms with van der Waals surface area (Å²) in [6.07, 6.45) is 0. The minimum absolute atomic E-state index is 0.0489. The molecule has 5 aromatic carbocycles. The Labute approximate surface area is 242 Å². The lowest BCUT2D eigenvalue weighted by molar-refractivity contribution is -0.384. The fourth-order valence-corrected chi connectivity index (χ4v) is 6.48. The monoisotopic (exact) mass is 548 g/mol. The minimum atomic E-state index is -1.44. The smallest absolute Gasteiger partial charge is 0.269 e. The minimum Gasteiger partial charge on any atom is -0.377 e. The number of nitrogens with zero attached hydrogens (tertiary/aromatic N) is 2. The van der Waals surface area contributed by atoms with E-state index < -0.39 is 15.9 Å². The Morgan fingerprint density at radius 2 is 1.10 bits per heavy atom. The summed E-state index contributed by atoms with van der Waals surface area (Å²) in [4.78, 5) is 33.3. The highest BCUT2D eigenvalue weighted by atomic mass is 16.7. The number of carbonyl (C=O) groups is 1. The molecule has 0 fully saturated rings. The molecule has 1 aliphatic carbocycles. The van der Waals surface area contributed by atoms with Crippen LogP contribution in [-0.2, 0) is 20.6 Å². The maximum absolute atomic E-state index is 15.5. The van der Waals surface area contributed by atoms with E-state index in [4.69, 9.17) is 9.99 Å². The van der Waals surface area contributed by atoms with Gasteiger partial charge >= 0.3 is 0 Å². The highest BCUT2D eigenvalue weighted by Crippen LogP contribution is 2.65. The van der Waals surface area contributed by atoms with Gasteiger partial charge in [-0.05, 0) is 28.8 Å². The number of nitro benzene ring substituents is 1. The van der Waals surface area contributed by atoms with E-state index in [9.17, 15) is 10.1 Å². The first-order chi connectivity index (χ1) is 20.6. The molecule has 1 heterocycles. The average molecular weight is 549 g/mol. The van der Waals surface area contributed by atoms with E-state index in [1.165, 1.54) is 12.1 Å². The van der Waals surface area contributed by atoms with E-state index in [1.807, 2.05) is 121 Å². The fourth-order valence-electron chi connectivity index (χ4n) is 6.48. The van der Waals surface area contributed by atoms with Crippen LogP contribution in [0.25, 0.3) is 11.1 Å². The molecule has 0 unspecified atom stereocenters. The summed E-state index contributed by atoms with van der Waals surface area (Å²) in [6.45, 7) is 0. The highest BCUT2D eigenvalue weighted by Gasteiger charge is 2.74. The summed E-state index contributed by atoms with van der Waals surface area (Å²) in [6, 6.07) is 44.9. The van der Waals surface area contributed by atoms with Crippen molar-refractivity contribution in [3.05, 3.63) is 184 Å². The van der Waals surface area contributed by atoms with Crippen LogP contribution >= 0.6 is 0 Å². The number of hydrogen-bond acceptors (Lipinski definition) is 5. The second kappa shape index (κ2) is 9.78. The molecule has 6 heteroatoms. The normalized spacial score (nSPS) is 21.0. The summed E-state index contributed by atoms with van der Waals surface area (Å²) in [5.41, 5.74) is 2.46. The molecule has 7 rings (SSSR count). The van der Waals surface area contributed by atoms with Crippen LogP contribution in [0, 0.1) is 10.1 Å². The molecular weight excluding hydrogens is 524 g/mol. The third-order valence-corrected chi connectivity index (χ3v) is 8.19. The molecule has 202 valence electrons. The van der Waals surface area contributed by atoms with Gasteiger partial charge in [-0.15, -0.1) is 0 Å². The van der Waals surface area contributed by atoms with E-state index in [0.29, 0.717) is 22.4 Å². The Kier molecular flexibility index (Phi) is 5.91. The van der Waals surface area contributed by atoms with E-state index in [0.717, 1.165) is 22.3 Å². The Hall–Kier alpha value is -5.62. The number of Topliss-reactive ketones (excluding diaryl/α,β-unsaturated/α-hetero) is 1. The summed E-state index contributed by atoms with van der Waals surface area (Å²) >= 11 is 0. The van der Waals surface area contributed by atoms with Crippen molar-refractivity contribution in [3.8, 4) is 0 Å². The van der Waals surface area contributed by atoms with Crippen molar-refractivity contribution in [2.24, 2.45) is 5.16 Å². The van der Waals surface area contributed by atoms with Crippen LogP contribution < -0.4 is 0 Å². The molecule has 2 atom stereocenters. The number of nitro groups is 1. The first-order valence-electron chi connectivity index (χ1n) is 13.6. The third-order valence-electron chi connectivity index (χ3n) is 8.19. The topological polar surface area (TPSA) is 81.8 Å². The number of hydrogen-bond donors (Lipinski definition) is 0. The average Bonchev–Trinajstić information content (AvgIpc) is 3.53. The molecule has 0 spiro atoms. The molecule has 0 aromatic heterocycles. The molecule has 5 aromatic rings. The highest BCUT2D eigenvalue weighted by molar-refractivity contribution is 6.46. The van der Waals surface area contributed by atoms with Gasteiger partial charge in [-0.2, -0.15) is 0 Å². The van der Waals surface area contributed by atoms with Crippen LogP contribution in [-0.4, -0.2) is 16.4 Å². The molecular formula is C36H24N2O4. The maximum Gasteiger partial charge on any atom is 0.269 e. The summed E-state index contributed by atoms with van der Waals surface area (Å²) in [5.74, 6) is -0.155. The van der Waals surface area contributed by atoms with Crippen molar-refractivity contribution < 1.29 is 14.6 Å². The standard InChI is InChI=1S/C36H24N2O4/c39-34-31(25-13-5-1-6-14-25)32(26-15-7-2-8-16-26)36(29-19-11-4-12-20-29)35(34,28-17-9-3-10-18-28)33(37-42-36)27-21-23-30(24-22-27)38(40)41/h1-24H/t35-,36+/m0/s1. The fraction of sp³-hybridized carbons (Fsp3) is 0.0556. The molecule has 42 heavy (non-hydrogen) atoms. The van der Waals surface area contributed by atoms with Gasteiger partial charge in [0.05, 0.1) is 4.92 Å². The Bertz CT molecular complexity index is 1870. The first kappa shape index (κ1) is 25.4. The van der Waals surface area contributed by atoms with Crippen molar-refractivity contribution >= 4 is 28.3 Å². The molecule has 6 nitrogen and oxygen atoms in total. The Morgan fingerprint density at radius 3 is 1.64 bits per heavy atom. The number of fused-ring (bicyclic) bond motifs is 1. The number of oxime groups is 1. The van der Waals surface area contributed by atoms with Gasteiger partial charge in [-0.3, -0.25) is 14.9 Å². The predicted molar refractivity (Wildman–Crippen MR) is 162 cm³/mol. The van der Waals surface area contributed by atoms with Gasteiger partial charge in [0.25, 0.3) is 5.69 Å². The van der Waals surface area contributed by atoms with Gasteiger partial charge in [-0.25, -0.2) is 0 Å². The SMILES string of the molecule is O=C1C(c2ccccc2)=C(c2ccccc2)[C@@]2(c3ccccc3)ON=C(c3ccc([N+](=O)[O-])cc3)[C@@]12c1ccccc1. The summed E-state index contributed by atoms with van der Waals surface area (Å²) in [7, 11) is 0. The quantitative estimate of drug-likeness (QED) is 0.164. The van der Waals surface area contributed by atoms with Crippen molar-refractivity contribution in [2.45, 2.75) is 11.0 Å². The number of ketones is 1.